The molecule has 0 heterocycles. The average Bonchev–Trinajstić information content (AvgIpc) is 2.27. The molecule has 3 N–H and O–H groups in total. The van der Waals surface area contributed by atoms with Crippen molar-refractivity contribution in [2.75, 3.05) is 13.7 Å². The summed E-state index contributed by atoms with van der Waals surface area (Å²) in [4.78, 5) is 22.4. The highest BCUT2D eigenvalue weighted by Crippen LogP contribution is 2.34. The molecule has 0 saturated heterocycles. The third-order valence-electron chi connectivity index (χ3n) is 3.55. The molecule has 0 aromatic rings. The third-order valence-corrected chi connectivity index (χ3v) is 3.55. The topological polar surface area (TPSA) is 87.7 Å². The molecule has 1 aliphatic carbocycles. The molecule has 6 heteroatoms. The van der Waals surface area contributed by atoms with E-state index in [2.05, 4.69) is 24.5 Å². The van der Waals surface area contributed by atoms with E-state index in [1.165, 1.54) is 13.5 Å². The first-order valence-corrected chi connectivity index (χ1v) is 6.64. The number of carbonyl (C=O) groups excluding carboxylic acids is 1. The third kappa shape index (κ3) is 5.46. The van der Waals surface area contributed by atoms with E-state index < -0.39 is 12.1 Å². The number of rotatable bonds is 5. The lowest BCUT2D eigenvalue weighted by Gasteiger charge is -2.35. The van der Waals surface area contributed by atoms with Gasteiger partial charge in [-0.1, -0.05) is 20.3 Å². The van der Waals surface area contributed by atoms with Crippen molar-refractivity contribution in [3.63, 3.8) is 0 Å². The number of ether oxygens (including phenoxy) is 1. The van der Waals surface area contributed by atoms with Crippen molar-refractivity contribution < 1.29 is 19.4 Å². The summed E-state index contributed by atoms with van der Waals surface area (Å²) in [6.07, 6.45) is 3.20. The van der Waals surface area contributed by atoms with E-state index in [0.717, 1.165) is 19.3 Å². The quantitative estimate of drug-likeness (QED) is 0.705. The second-order valence-electron chi connectivity index (χ2n) is 5.87. The lowest BCUT2D eigenvalue weighted by Crippen LogP contribution is -2.48. The van der Waals surface area contributed by atoms with Gasteiger partial charge in [0.2, 0.25) is 0 Å². The van der Waals surface area contributed by atoms with E-state index in [1.54, 1.807) is 0 Å². The van der Waals surface area contributed by atoms with Gasteiger partial charge in [0, 0.05) is 13.2 Å². The van der Waals surface area contributed by atoms with Gasteiger partial charge in [-0.2, -0.15) is 0 Å². The lowest BCUT2D eigenvalue weighted by molar-refractivity contribution is -0.147. The van der Waals surface area contributed by atoms with Gasteiger partial charge in [0.05, 0.1) is 6.54 Å². The van der Waals surface area contributed by atoms with Crippen LogP contribution >= 0.6 is 0 Å². The van der Waals surface area contributed by atoms with E-state index in [-0.39, 0.29) is 24.0 Å². The largest absolute Gasteiger partial charge is 0.479 e. The fraction of sp³-hybridized carbons (Fsp3) is 0.846. The molecule has 0 spiro atoms. The zero-order valence-electron chi connectivity index (χ0n) is 11.9. The Labute approximate surface area is 113 Å². The summed E-state index contributed by atoms with van der Waals surface area (Å²) >= 11 is 0. The number of carboxylic acid groups (broad SMARTS) is 1. The van der Waals surface area contributed by atoms with E-state index in [9.17, 15) is 9.59 Å². The van der Waals surface area contributed by atoms with Gasteiger partial charge >= 0.3 is 12.0 Å². The van der Waals surface area contributed by atoms with Crippen LogP contribution < -0.4 is 10.6 Å². The highest BCUT2D eigenvalue weighted by molar-refractivity contribution is 5.77. The SMILES string of the molecule is COC(CNC(=O)NC1CCCC(C)(C)C1)C(=O)O. The molecule has 0 aliphatic heterocycles. The van der Waals surface area contributed by atoms with E-state index in [1.807, 2.05) is 0 Å². The molecule has 1 rings (SSSR count). The first kappa shape index (κ1) is 15.8. The summed E-state index contributed by atoms with van der Waals surface area (Å²) in [5, 5.41) is 14.2. The predicted molar refractivity (Wildman–Crippen MR) is 71.0 cm³/mol. The van der Waals surface area contributed by atoms with E-state index in [0.29, 0.717) is 0 Å². The number of methoxy groups -OCH3 is 1. The molecule has 1 fully saturated rings. The van der Waals surface area contributed by atoms with Crippen molar-refractivity contribution >= 4 is 12.0 Å². The van der Waals surface area contributed by atoms with Crippen LogP contribution in [0.25, 0.3) is 0 Å². The first-order chi connectivity index (χ1) is 8.84. The Kier molecular flexibility index (Phi) is 5.60. The summed E-state index contributed by atoms with van der Waals surface area (Å²) in [5.74, 6) is -1.08. The highest BCUT2D eigenvalue weighted by Gasteiger charge is 2.28. The van der Waals surface area contributed by atoms with Gasteiger partial charge in [-0.3, -0.25) is 0 Å². The van der Waals surface area contributed by atoms with Crippen LogP contribution in [0.4, 0.5) is 4.79 Å². The molecule has 6 nitrogen and oxygen atoms in total. The Bertz CT molecular complexity index is 331. The van der Waals surface area contributed by atoms with Gasteiger partial charge in [-0.25, -0.2) is 9.59 Å². The van der Waals surface area contributed by atoms with Crippen LogP contribution in [-0.4, -0.2) is 42.9 Å². The summed E-state index contributed by atoms with van der Waals surface area (Å²) < 4.78 is 4.74. The predicted octanol–water partition coefficient (Wildman–Crippen LogP) is 1.35. The second-order valence-corrected chi connectivity index (χ2v) is 5.87. The Morgan fingerprint density at radius 3 is 2.68 bits per heavy atom. The van der Waals surface area contributed by atoms with Gasteiger partial charge in [-0.05, 0) is 24.7 Å². The van der Waals surface area contributed by atoms with Gasteiger partial charge in [0.15, 0.2) is 6.10 Å². The zero-order chi connectivity index (χ0) is 14.5. The summed E-state index contributed by atoms with van der Waals surface area (Å²) in [6, 6.07) is -0.166. The van der Waals surface area contributed by atoms with Crippen molar-refractivity contribution in [1.82, 2.24) is 10.6 Å². The smallest absolute Gasteiger partial charge is 0.334 e. The Morgan fingerprint density at radius 2 is 2.16 bits per heavy atom. The maximum Gasteiger partial charge on any atom is 0.334 e. The molecule has 1 aliphatic rings. The number of amides is 2. The summed E-state index contributed by atoms with van der Waals surface area (Å²) in [5.41, 5.74) is 0.256. The maximum absolute atomic E-state index is 11.7. The Hall–Kier alpha value is -1.30. The molecule has 0 aromatic carbocycles. The molecule has 1 saturated carbocycles. The van der Waals surface area contributed by atoms with Crippen molar-refractivity contribution in [3.05, 3.63) is 0 Å². The fourth-order valence-electron chi connectivity index (χ4n) is 2.51. The molecule has 2 unspecified atom stereocenters. The second kappa shape index (κ2) is 6.75. The molecule has 110 valence electrons. The summed E-state index contributed by atoms with van der Waals surface area (Å²) in [7, 11) is 1.31. The first-order valence-electron chi connectivity index (χ1n) is 6.64. The maximum atomic E-state index is 11.7. The molecule has 0 aromatic heterocycles. The molecule has 2 amide bonds. The number of carbonyl (C=O) groups is 2. The number of carboxylic acids is 1. The van der Waals surface area contributed by atoms with Crippen LogP contribution in [0.5, 0.6) is 0 Å². The summed E-state index contributed by atoms with van der Waals surface area (Å²) in [6.45, 7) is 4.36. The number of hydrogen-bond acceptors (Lipinski definition) is 3. The average molecular weight is 272 g/mol. The normalized spacial score (nSPS) is 23.4. The van der Waals surface area contributed by atoms with Gasteiger partial charge < -0.3 is 20.5 Å². The molecule has 19 heavy (non-hydrogen) atoms. The van der Waals surface area contributed by atoms with Crippen LogP contribution in [0, 0.1) is 5.41 Å². The van der Waals surface area contributed by atoms with Crippen LogP contribution in [-0.2, 0) is 9.53 Å². The number of aliphatic carboxylic acids is 1. The lowest BCUT2D eigenvalue weighted by atomic mass is 9.75. The Morgan fingerprint density at radius 1 is 1.47 bits per heavy atom. The van der Waals surface area contributed by atoms with E-state index in [4.69, 9.17) is 9.84 Å². The van der Waals surface area contributed by atoms with Crippen molar-refractivity contribution in [3.8, 4) is 0 Å². The van der Waals surface area contributed by atoms with Crippen LogP contribution in [0.1, 0.15) is 39.5 Å². The number of nitrogens with one attached hydrogen (secondary N) is 2. The van der Waals surface area contributed by atoms with Gasteiger partial charge in [0.25, 0.3) is 0 Å². The van der Waals surface area contributed by atoms with Crippen molar-refractivity contribution in [2.24, 2.45) is 5.41 Å². The number of hydrogen-bond donors (Lipinski definition) is 3. The highest BCUT2D eigenvalue weighted by atomic mass is 16.5. The standard InChI is InChI=1S/C13H24N2O4/c1-13(2)6-4-5-9(7-13)15-12(18)14-8-10(19-3)11(16)17/h9-10H,4-8H2,1-3H3,(H,16,17)(H2,14,15,18). The van der Waals surface area contributed by atoms with Crippen molar-refractivity contribution in [2.45, 2.75) is 51.7 Å². The molecular weight excluding hydrogens is 248 g/mol. The van der Waals surface area contributed by atoms with Crippen LogP contribution in [0.3, 0.4) is 0 Å². The minimum absolute atomic E-state index is 0.0339. The zero-order valence-corrected chi connectivity index (χ0v) is 11.9. The van der Waals surface area contributed by atoms with Gasteiger partial charge in [-0.15, -0.1) is 0 Å². The molecule has 2 atom stereocenters. The monoisotopic (exact) mass is 272 g/mol. The minimum Gasteiger partial charge on any atom is -0.479 e. The molecular formula is C13H24N2O4. The van der Waals surface area contributed by atoms with Crippen LogP contribution in [0.15, 0.2) is 0 Å². The molecule has 0 radical (unpaired) electrons. The fourth-order valence-corrected chi connectivity index (χ4v) is 2.51. The minimum atomic E-state index is -1.08. The van der Waals surface area contributed by atoms with Gasteiger partial charge in [0.1, 0.15) is 0 Å². The van der Waals surface area contributed by atoms with Crippen LogP contribution in [0.2, 0.25) is 0 Å². The van der Waals surface area contributed by atoms with E-state index >= 15 is 0 Å². The molecule has 0 bridgehead atoms. The number of urea groups is 1. The Balaban J connectivity index is 2.33. The van der Waals surface area contributed by atoms with Crippen molar-refractivity contribution in [1.29, 1.82) is 0 Å².